The molecule has 0 saturated heterocycles. The standard InChI is InChI=1S/C17H27NO/c1-3-17(15-9-11-16(19)12-10-15)18-13(2)14-7-5-4-6-8-14/h9-14,17-19H,3-8H2,1-2H3/t13-,17?/m0/s1. The summed E-state index contributed by atoms with van der Waals surface area (Å²) in [7, 11) is 0. The molecule has 1 unspecified atom stereocenters. The van der Waals surface area contributed by atoms with E-state index in [1.807, 2.05) is 12.1 Å². The van der Waals surface area contributed by atoms with Crippen molar-refractivity contribution in [3.05, 3.63) is 29.8 Å². The first-order valence-corrected chi connectivity index (χ1v) is 7.75. The lowest BCUT2D eigenvalue weighted by molar-refractivity contribution is 0.262. The molecule has 0 spiro atoms. The lowest BCUT2D eigenvalue weighted by Gasteiger charge is -2.31. The van der Waals surface area contributed by atoms with Crippen molar-refractivity contribution < 1.29 is 5.11 Å². The molecule has 0 aromatic heterocycles. The summed E-state index contributed by atoms with van der Waals surface area (Å²) in [5, 5.41) is 13.2. The predicted molar refractivity (Wildman–Crippen MR) is 80.3 cm³/mol. The third kappa shape index (κ3) is 3.97. The average molecular weight is 261 g/mol. The molecule has 0 radical (unpaired) electrons. The minimum absolute atomic E-state index is 0.346. The van der Waals surface area contributed by atoms with Gasteiger partial charge in [-0.1, -0.05) is 38.3 Å². The van der Waals surface area contributed by atoms with E-state index in [-0.39, 0.29) is 0 Å². The first kappa shape index (κ1) is 14.4. The molecule has 1 aliphatic rings. The maximum Gasteiger partial charge on any atom is 0.115 e. The molecule has 1 aromatic carbocycles. The first-order chi connectivity index (χ1) is 9.20. The lowest BCUT2D eigenvalue weighted by atomic mass is 9.84. The molecule has 0 amide bonds. The van der Waals surface area contributed by atoms with Gasteiger partial charge in [-0.15, -0.1) is 0 Å². The van der Waals surface area contributed by atoms with Gasteiger partial charge in [0.15, 0.2) is 0 Å². The molecule has 1 aromatic rings. The van der Waals surface area contributed by atoms with Crippen molar-refractivity contribution in [1.82, 2.24) is 5.32 Å². The Hall–Kier alpha value is -1.02. The van der Waals surface area contributed by atoms with Crippen molar-refractivity contribution in [3.8, 4) is 5.75 Å². The number of phenolic OH excluding ortho intramolecular Hbond substituents is 1. The van der Waals surface area contributed by atoms with Crippen molar-refractivity contribution >= 4 is 0 Å². The van der Waals surface area contributed by atoms with Crippen LogP contribution in [0, 0.1) is 5.92 Å². The zero-order valence-electron chi connectivity index (χ0n) is 12.2. The number of phenols is 1. The first-order valence-electron chi connectivity index (χ1n) is 7.75. The summed E-state index contributed by atoms with van der Waals surface area (Å²) in [5.74, 6) is 1.18. The van der Waals surface area contributed by atoms with Crippen molar-refractivity contribution in [1.29, 1.82) is 0 Å². The van der Waals surface area contributed by atoms with Crippen molar-refractivity contribution in [2.75, 3.05) is 0 Å². The third-order valence-corrected chi connectivity index (χ3v) is 4.52. The zero-order chi connectivity index (χ0) is 13.7. The molecule has 1 aliphatic carbocycles. The highest BCUT2D eigenvalue weighted by molar-refractivity contribution is 5.28. The van der Waals surface area contributed by atoms with E-state index in [4.69, 9.17) is 0 Å². The molecule has 106 valence electrons. The van der Waals surface area contributed by atoms with Crippen LogP contribution in [-0.2, 0) is 0 Å². The fourth-order valence-electron chi connectivity index (χ4n) is 3.24. The Balaban J connectivity index is 1.96. The van der Waals surface area contributed by atoms with Gasteiger partial charge in [-0.25, -0.2) is 0 Å². The van der Waals surface area contributed by atoms with Gasteiger partial charge in [-0.2, -0.15) is 0 Å². The van der Waals surface area contributed by atoms with E-state index in [9.17, 15) is 5.11 Å². The van der Waals surface area contributed by atoms with Crippen molar-refractivity contribution in [2.24, 2.45) is 5.92 Å². The molecule has 1 saturated carbocycles. The highest BCUT2D eigenvalue weighted by Crippen LogP contribution is 2.28. The van der Waals surface area contributed by atoms with Gasteiger partial charge in [0.1, 0.15) is 5.75 Å². The Morgan fingerprint density at radius 3 is 2.37 bits per heavy atom. The summed E-state index contributed by atoms with van der Waals surface area (Å²) in [6, 6.07) is 8.61. The minimum Gasteiger partial charge on any atom is -0.508 e. The van der Waals surface area contributed by atoms with Gasteiger partial charge in [0.25, 0.3) is 0 Å². The average Bonchev–Trinajstić information content (AvgIpc) is 2.46. The molecule has 0 aliphatic heterocycles. The van der Waals surface area contributed by atoms with Crippen LogP contribution >= 0.6 is 0 Å². The molecule has 2 atom stereocenters. The monoisotopic (exact) mass is 261 g/mol. The summed E-state index contributed by atoms with van der Waals surface area (Å²) in [5.41, 5.74) is 1.28. The Morgan fingerprint density at radius 2 is 1.79 bits per heavy atom. The summed E-state index contributed by atoms with van der Waals surface area (Å²) in [4.78, 5) is 0. The molecule has 19 heavy (non-hydrogen) atoms. The van der Waals surface area contributed by atoms with E-state index in [0.29, 0.717) is 17.8 Å². The van der Waals surface area contributed by atoms with Gasteiger partial charge >= 0.3 is 0 Å². The topological polar surface area (TPSA) is 32.3 Å². The fourth-order valence-corrected chi connectivity index (χ4v) is 3.24. The minimum atomic E-state index is 0.346. The maximum atomic E-state index is 9.38. The van der Waals surface area contributed by atoms with Crippen LogP contribution in [0.25, 0.3) is 0 Å². The van der Waals surface area contributed by atoms with E-state index < -0.39 is 0 Å². The van der Waals surface area contributed by atoms with E-state index >= 15 is 0 Å². The Morgan fingerprint density at radius 1 is 1.16 bits per heavy atom. The SMILES string of the molecule is CCC(N[C@@H](C)C1CCCCC1)c1ccc(O)cc1. The van der Waals surface area contributed by atoms with E-state index in [1.54, 1.807) is 12.1 Å². The maximum absolute atomic E-state index is 9.38. The molecule has 2 rings (SSSR count). The summed E-state index contributed by atoms with van der Waals surface area (Å²) in [6.45, 7) is 4.55. The summed E-state index contributed by atoms with van der Waals surface area (Å²) >= 11 is 0. The van der Waals surface area contributed by atoms with Crippen molar-refractivity contribution in [3.63, 3.8) is 0 Å². The second kappa shape index (κ2) is 6.95. The quantitative estimate of drug-likeness (QED) is 0.823. The van der Waals surface area contributed by atoms with Gasteiger partial charge in [-0.05, 0) is 49.8 Å². The molecule has 2 heteroatoms. The van der Waals surface area contributed by atoms with Crippen molar-refractivity contribution in [2.45, 2.75) is 64.5 Å². The second-order valence-electron chi connectivity index (χ2n) is 5.91. The van der Waals surface area contributed by atoms with Gasteiger partial charge in [0.2, 0.25) is 0 Å². The van der Waals surface area contributed by atoms with E-state index in [2.05, 4.69) is 19.2 Å². The highest BCUT2D eigenvalue weighted by Gasteiger charge is 2.22. The normalized spacial score (nSPS) is 20.1. The highest BCUT2D eigenvalue weighted by atomic mass is 16.3. The van der Waals surface area contributed by atoms with Gasteiger partial charge < -0.3 is 10.4 Å². The molecular formula is C17H27NO. The van der Waals surface area contributed by atoms with Crippen LogP contribution < -0.4 is 5.32 Å². The third-order valence-electron chi connectivity index (χ3n) is 4.52. The van der Waals surface area contributed by atoms with E-state index in [0.717, 1.165) is 12.3 Å². The van der Waals surface area contributed by atoms with Gasteiger partial charge in [0.05, 0.1) is 0 Å². The number of rotatable bonds is 5. The molecule has 1 fully saturated rings. The molecule has 0 bridgehead atoms. The molecule has 2 N–H and O–H groups in total. The van der Waals surface area contributed by atoms with Crippen LogP contribution in [0.5, 0.6) is 5.75 Å². The summed E-state index contributed by atoms with van der Waals surface area (Å²) in [6.07, 6.45) is 8.04. The Labute approximate surface area is 117 Å². The number of hydrogen-bond donors (Lipinski definition) is 2. The summed E-state index contributed by atoms with van der Waals surface area (Å²) < 4.78 is 0. The van der Waals surface area contributed by atoms with Crippen LogP contribution in [0.3, 0.4) is 0 Å². The zero-order valence-corrected chi connectivity index (χ0v) is 12.2. The van der Waals surface area contributed by atoms with E-state index in [1.165, 1.54) is 37.7 Å². The number of aromatic hydroxyl groups is 1. The number of benzene rings is 1. The Bertz CT molecular complexity index is 367. The molecule has 0 heterocycles. The Kier molecular flexibility index (Phi) is 5.26. The van der Waals surface area contributed by atoms with Crippen LogP contribution in [0.2, 0.25) is 0 Å². The number of nitrogens with one attached hydrogen (secondary N) is 1. The molecular weight excluding hydrogens is 234 g/mol. The lowest BCUT2D eigenvalue weighted by Crippen LogP contribution is -2.37. The van der Waals surface area contributed by atoms with Gasteiger partial charge in [0, 0.05) is 12.1 Å². The van der Waals surface area contributed by atoms with Crippen LogP contribution in [0.15, 0.2) is 24.3 Å². The van der Waals surface area contributed by atoms with Gasteiger partial charge in [-0.3, -0.25) is 0 Å². The van der Waals surface area contributed by atoms with Crippen LogP contribution in [0.4, 0.5) is 0 Å². The molecule has 2 nitrogen and oxygen atoms in total. The second-order valence-corrected chi connectivity index (χ2v) is 5.91. The van der Waals surface area contributed by atoms with Crippen LogP contribution in [-0.4, -0.2) is 11.1 Å². The fraction of sp³-hybridized carbons (Fsp3) is 0.647. The smallest absolute Gasteiger partial charge is 0.115 e. The largest absolute Gasteiger partial charge is 0.508 e. The number of hydrogen-bond acceptors (Lipinski definition) is 2. The van der Waals surface area contributed by atoms with Crippen LogP contribution in [0.1, 0.15) is 64.0 Å². The predicted octanol–water partition coefficient (Wildman–Crippen LogP) is 4.40.